The Morgan fingerprint density at radius 1 is 0.938 bits per heavy atom. The SMILES string of the molecule is CC(C)[C@H](NC(=O)OCc1ccccc1)C(=O)NC(C[Si](C)(C)c1ccccc1)C(=O)O. The predicted molar refractivity (Wildman–Crippen MR) is 126 cm³/mol. The summed E-state index contributed by atoms with van der Waals surface area (Å²) in [6.07, 6.45) is -0.728. The van der Waals surface area contributed by atoms with E-state index in [9.17, 15) is 19.5 Å². The number of carboxylic acids is 1. The highest BCUT2D eigenvalue weighted by atomic mass is 28.3. The molecule has 7 nitrogen and oxygen atoms in total. The third-order valence-corrected chi connectivity index (χ3v) is 8.64. The second-order valence-corrected chi connectivity index (χ2v) is 13.5. The Morgan fingerprint density at radius 2 is 1.50 bits per heavy atom. The molecule has 2 aromatic rings. The molecule has 32 heavy (non-hydrogen) atoms. The number of carbonyl (C=O) groups is 3. The van der Waals surface area contributed by atoms with Gasteiger partial charge in [0.05, 0.1) is 8.07 Å². The van der Waals surface area contributed by atoms with Crippen molar-refractivity contribution in [3.05, 3.63) is 66.2 Å². The van der Waals surface area contributed by atoms with E-state index in [-0.39, 0.29) is 12.5 Å². The minimum absolute atomic E-state index is 0.0771. The Balaban J connectivity index is 2.02. The van der Waals surface area contributed by atoms with Gasteiger partial charge in [-0.05, 0) is 17.5 Å². The molecule has 0 fully saturated rings. The van der Waals surface area contributed by atoms with Crippen molar-refractivity contribution in [2.45, 2.75) is 51.7 Å². The topological polar surface area (TPSA) is 105 Å². The van der Waals surface area contributed by atoms with Gasteiger partial charge in [-0.2, -0.15) is 0 Å². The Morgan fingerprint density at radius 3 is 2.03 bits per heavy atom. The molecule has 0 bridgehead atoms. The molecule has 0 saturated heterocycles. The van der Waals surface area contributed by atoms with Gasteiger partial charge in [-0.25, -0.2) is 4.79 Å². The largest absolute Gasteiger partial charge is 0.480 e. The standard InChI is InChI=1S/C24H32N2O5Si/c1-17(2)21(26-24(30)31-15-18-11-7-5-8-12-18)22(27)25-20(23(28)29)16-32(3,4)19-13-9-6-10-14-19/h5-14,17,20-21H,15-16H2,1-4H3,(H,25,27)(H,26,30)(H,28,29)/t20?,21-/m0/s1. The van der Waals surface area contributed by atoms with E-state index in [0.717, 1.165) is 10.8 Å². The normalized spacial score (nSPS) is 13.2. The first-order chi connectivity index (χ1) is 15.1. The molecule has 0 aliphatic heterocycles. The van der Waals surface area contributed by atoms with Gasteiger partial charge in [-0.1, -0.05) is 92.8 Å². The van der Waals surface area contributed by atoms with Crippen LogP contribution in [0.4, 0.5) is 4.79 Å². The molecular formula is C24H32N2O5Si. The van der Waals surface area contributed by atoms with E-state index in [4.69, 9.17) is 4.74 Å². The molecule has 2 aromatic carbocycles. The maximum atomic E-state index is 12.9. The smallest absolute Gasteiger partial charge is 0.408 e. The van der Waals surface area contributed by atoms with Crippen molar-refractivity contribution >= 4 is 31.2 Å². The predicted octanol–water partition coefficient (Wildman–Crippen LogP) is 3.12. The summed E-state index contributed by atoms with van der Waals surface area (Å²) in [5.74, 6) is -1.89. The number of hydrogen-bond donors (Lipinski definition) is 3. The number of benzene rings is 2. The average Bonchev–Trinajstić information content (AvgIpc) is 2.76. The summed E-state index contributed by atoms with van der Waals surface area (Å²) in [5, 5.41) is 16.1. The summed E-state index contributed by atoms with van der Waals surface area (Å²) in [6.45, 7) is 7.78. The number of alkyl carbamates (subject to hydrolysis) is 1. The van der Waals surface area contributed by atoms with Gasteiger partial charge in [0.2, 0.25) is 5.91 Å². The first kappa shape index (κ1) is 25.1. The lowest BCUT2D eigenvalue weighted by Crippen LogP contribution is -2.56. The van der Waals surface area contributed by atoms with Crippen LogP contribution in [0.3, 0.4) is 0 Å². The number of carboxylic acid groups (broad SMARTS) is 1. The van der Waals surface area contributed by atoms with Gasteiger partial charge >= 0.3 is 12.1 Å². The Hall–Kier alpha value is -3.13. The van der Waals surface area contributed by atoms with Gasteiger partial charge in [-0.15, -0.1) is 0 Å². The molecule has 0 aliphatic rings. The quantitative estimate of drug-likeness (QED) is 0.477. The molecule has 0 spiro atoms. The molecule has 8 heteroatoms. The van der Waals surface area contributed by atoms with Crippen LogP contribution in [0.25, 0.3) is 0 Å². The summed E-state index contributed by atoms with van der Waals surface area (Å²) >= 11 is 0. The molecule has 2 atom stereocenters. The number of nitrogens with one attached hydrogen (secondary N) is 2. The summed E-state index contributed by atoms with van der Waals surface area (Å²) in [4.78, 5) is 37.1. The molecule has 0 heterocycles. The minimum atomic E-state index is -2.12. The van der Waals surface area contributed by atoms with Crippen molar-refractivity contribution in [1.82, 2.24) is 10.6 Å². The van der Waals surface area contributed by atoms with Crippen LogP contribution < -0.4 is 15.8 Å². The highest BCUT2D eigenvalue weighted by molar-refractivity contribution is 6.90. The number of rotatable bonds is 10. The van der Waals surface area contributed by atoms with Crippen LogP contribution in [0.5, 0.6) is 0 Å². The summed E-state index contributed by atoms with van der Waals surface area (Å²) < 4.78 is 5.21. The van der Waals surface area contributed by atoms with Gasteiger partial charge in [-0.3, -0.25) is 9.59 Å². The van der Waals surface area contributed by atoms with Gasteiger partial charge in [0.25, 0.3) is 0 Å². The van der Waals surface area contributed by atoms with Crippen LogP contribution in [0, 0.1) is 5.92 Å². The Kier molecular flexibility index (Phi) is 9.01. The number of hydrogen-bond acceptors (Lipinski definition) is 4. The second-order valence-electron chi connectivity index (χ2n) is 8.78. The highest BCUT2D eigenvalue weighted by Crippen LogP contribution is 2.14. The molecule has 0 radical (unpaired) electrons. The van der Waals surface area contributed by atoms with Gasteiger partial charge in [0.15, 0.2) is 0 Å². The fourth-order valence-electron chi connectivity index (χ4n) is 3.41. The number of carbonyl (C=O) groups excluding carboxylic acids is 2. The average molecular weight is 457 g/mol. The first-order valence-corrected chi connectivity index (χ1v) is 13.9. The zero-order valence-electron chi connectivity index (χ0n) is 19.0. The lowest BCUT2D eigenvalue weighted by atomic mass is 10.0. The van der Waals surface area contributed by atoms with E-state index in [2.05, 4.69) is 23.7 Å². The van der Waals surface area contributed by atoms with E-state index in [1.807, 2.05) is 60.7 Å². The molecule has 2 amide bonds. The van der Waals surface area contributed by atoms with Crippen LogP contribution in [0.2, 0.25) is 19.1 Å². The van der Waals surface area contributed by atoms with E-state index in [1.54, 1.807) is 13.8 Å². The maximum Gasteiger partial charge on any atom is 0.408 e. The molecule has 2 rings (SSSR count). The van der Waals surface area contributed by atoms with Crippen molar-refractivity contribution in [3.8, 4) is 0 Å². The first-order valence-electron chi connectivity index (χ1n) is 10.7. The summed E-state index contributed by atoms with van der Waals surface area (Å²) in [5.41, 5.74) is 0.826. The lowest BCUT2D eigenvalue weighted by molar-refractivity contribution is -0.141. The summed E-state index contributed by atoms with van der Waals surface area (Å²) in [6, 6.07) is 17.3. The van der Waals surface area contributed by atoms with Crippen LogP contribution >= 0.6 is 0 Å². The lowest BCUT2D eigenvalue weighted by Gasteiger charge is -2.29. The zero-order chi connectivity index (χ0) is 23.7. The number of ether oxygens (including phenoxy) is 1. The molecule has 3 N–H and O–H groups in total. The van der Waals surface area contributed by atoms with Gasteiger partial charge in [0, 0.05) is 0 Å². The Labute approximate surface area is 190 Å². The fourth-order valence-corrected chi connectivity index (χ4v) is 6.03. The minimum Gasteiger partial charge on any atom is -0.480 e. The van der Waals surface area contributed by atoms with Gasteiger partial charge < -0.3 is 20.5 Å². The molecule has 1 unspecified atom stereocenters. The molecule has 0 saturated carbocycles. The van der Waals surface area contributed by atoms with Gasteiger partial charge in [0.1, 0.15) is 18.7 Å². The van der Waals surface area contributed by atoms with E-state index in [1.165, 1.54) is 0 Å². The summed E-state index contributed by atoms with van der Waals surface area (Å²) in [7, 11) is -2.12. The van der Waals surface area contributed by atoms with Crippen LogP contribution in [-0.2, 0) is 20.9 Å². The van der Waals surface area contributed by atoms with Crippen molar-refractivity contribution in [2.24, 2.45) is 5.92 Å². The van der Waals surface area contributed by atoms with E-state index >= 15 is 0 Å². The van der Waals surface area contributed by atoms with Crippen molar-refractivity contribution in [3.63, 3.8) is 0 Å². The van der Waals surface area contributed by atoms with Crippen LogP contribution in [-0.4, -0.2) is 43.2 Å². The third-order valence-electron chi connectivity index (χ3n) is 5.32. The molecule has 0 aromatic heterocycles. The second kappa shape index (κ2) is 11.5. The van der Waals surface area contributed by atoms with Crippen molar-refractivity contribution in [1.29, 1.82) is 0 Å². The van der Waals surface area contributed by atoms with Crippen LogP contribution in [0.15, 0.2) is 60.7 Å². The van der Waals surface area contributed by atoms with E-state index in [0.29, 0.717) is 6.04 Å². The molecule has 0 aliphatic carbocycles. The zero-order valence-corrected chi connectivity index (χ0v) is 20.0. The highest BCUT2D eigenvalue weighted by Gasteiger charge is 2.34. The van der Waals surface area contributed by atoms with Crippen molar-refractivity contribution < 1.29 is 24.2 Å². The number of amides is 2. The maximum absolute atomic E-state index is 12.9. The third kappa shape index (κ3) is 7.53. The fraction of sp³-hybridized carbons (Fsp3) is 0.375. The Bertz CT molecular complexity index is 903. The number of aliphatic carboxylic acids is 1. The van der Waals surface area contributed by atoms with Crippen LogP contribution in [0.1, 0.15) is 19.4 Å². The van der Waals surface area contributed by atoms with Crippen molar-refractivity contribution in [2.75, 3.05) is 0 Å². The molecular weight excluding hydrogens is 424 g/mol. The molecule has 172 valence electrons. The van der Waals surface area contributed by atoms with E-state index < -0.39 is 38.1 Å². The monoisotopic (exact) mass is 456 g/mol.